The van der Waals surface area contributed by atoms with Gasteiger partial charge >= 0.3 is 10.1 Å². The van der Waals surface area contributed by atoms with E-state index in [1.54, 1.807) is 5.25 Å². The molecule has 0 aromatic rings. The highest BCUT2D eigenvalue weighted by Crippen LogP contribution is 1.99. The normalized spacial score (nSPS) is 20.2. The van der Waals surface area contributed by atoms with Gasteiger partial charge < -0.3 is 5.32 Å². The third kappa shape index (κ3) is 2.79. The van der Waals surface area contributed by atoms with Gasteiger partial charge in [0.05, 0.1) is 5.25 Å². The van der Waals surface area contributed by atoms with Gasteiger partial charge in [-0.3, -0.25) is 0 Å². The highest BCUT2D eigenvalue weighted by molar-refractivity contribution is 7.91. The molecule has 0 aromatic carbocycles. The molecule has 1 heterocycles. The summed E-state index contributed by atoms with van der Waals surface area (Å²) in [6, 6.07) is 0. The number of piperazine rings is 1. The molecule has 0 saturated carbocycles. The molecule has 0 bridgehead atoms. The molecular formula is C6H10N2O3S. The fraction of sp³-hybridized carbons (Fsp3) is 0.667. The minimum atomic E-state index is -3.79. The summed E-state index contributed by atoms with van der Waals surface area (Å²) in [5, 5.41) is 5.97. The molecule has 1 aliphatic rings. The molecule has 12 heavy (non-hydrogen) atoms. The van der Waals surface area contributed by atoms with Gasteiger partial charge in [-0.2, -0.15) is 17.8 Å². The van der Waals surface area contributed by atoms with Gasteiger partial charge in [-0.25, -0.2) is 0 Å². The molecule has 0 aromatic heterocycles. The highest BCUT2D eigenvalue weighted by atomic mass is 32.2. The minimum Gasteiger partial charge on any atom is -0.314 e. The fourth-order valence-electron chi connectivity index (χ4n) is 0.879. The molecule has 0 amide bonds. The summed E-state index contributed by atoms with van der Waals surface area (Å²) in [4.78, 5) is 0. The lowest BCUT2D eigenvalue weighted by Crippen LogP contribution is -2.44. The van der Waals surface area contributed by atoms with Crippen molar-refractivity contribution < 1.29 is 12.7 Å². The van der Waals surface area contributed by atoms with Crippen molar-refractivity contribution in [2.24, 2.45) is 0 Å². The van der Waals surface area contributed by atoms with Crippen LogP contribution in [0.4, 0.5) is 0 Å². The standard InChI is InChI=1S/C6H10N2O3S/c1-2-12(9,10)11-8-5-3-7-4-6-8/h1,7H,3-6H2. The van der Waals surface area contributed by atoms with E-state index in [0.29, 0.717) is 26.2 Å². The van der Waals surface area contributed by atoms with Crippen molar-refractivity contribution in [3.8, 4) is 11.7 Å². The summed E-state index contributed by atoms with van der Waals surface area (Å²) >= 11 is 0. The molecule has 0 atom stereocenters. The maximum absolute atomic E-state index is 10.7. The van der Waals surface area contributed by atoms with Crippen LogP contribution in [0.1, 0.15) is 0 Å². The third-order valence-corrected chi connectivity index (χ3v) is 2.12. The third-order valence-electron chi connectivity index (χ3n) is 1.42. The summed E-state index contributed by atoms with van der Waals surface area (Å²) in [6.45, 7) is 2.47. The van der Waals surface area contributed by atoms with Gasteiger partial charge in [0.15, 0.2) is 0 Å². The monoisotopic (exact) mass is 190 g/mol. The Morgan fingerprint density at radius 3 is 2.50 bits per heavy atom. The molecule has 1 N–H and O–H groups in total. The Hall–Kier alpha value is -0.610. The first-order chi connectivity index (χ1) is 5.64. The lowest BCUT2D eigenvalue weighted by atomic mass is 10.4. The van der Waals surface area contributed by atoms with Crippen LogP contribution in [-0.2, 0) is 14.4 Å². The number of terminal acetylenes is 1. The number of nitrogens with one attached hydrogen (secondary N) is 1. The van der Waals surface area contributed by atoms with Crippen molar-refractivity contribution in [2.75, 3.05) is 26.2 Å². The Balaban J connectivity index is 2.46. The van der Waals surface area contributed by atoms with E-state index in [2.05, 4.69) is 9.60 Å². The van der Waals surface area contributed by atoms with E-state index in [1.807, 2.05) is 0 Å². The molecule has 0 radical (unpaired) electrons. The van der Waals surface area contributed by atoms with Crippen LogP contribution in [0.2, 0.25) is 0 Å². The van der Waals surface area contributed by atoms with Gasteiger partial charge in [0.2, 0.25) is 0 Å². The van der Waals surface area contributed by atoms with Crippen molar-refractivity contribution in [1.82, 2.24) is 10.4 Å². The number of rotatable bonds is 2. The van der Waals surface area contributed by atoms with E-state index in [9.17, 15) is 8.42 Å². The summed E-state index contributed by atoms with van der Waals surface area (Å²) in [6.07, 6.45) is 4.72. The Bertz CT molecular complexity index is 274. The quantitative estimate of drug-likeness (QED) is 0.551. The minimum absolute atomic E-state index is 0.529. The topological polar surface area (TPSA) is 58.6 Å². The van der Waals surface area contributed by atoms with Crippen molar-refractivity contribution in [1.29, 1.82) is 0 Å². The van der Waals surface area contributed by atoms with E-state index >= 15 is 0 Å². The zero-order valence-electron chi connectivity index (χ0n) is 6.49. The second kappa shape index (κ2) is 3.87. The van der Waals surface area contributed by atoms with E-state index < -0.39 is 10.1 Å². The zero-order valence-corrected chi connectivity index (χ0v) is 7.30. The maximum Gasteiger partial charge on any atom is 0.353 e. The van der Waals surface area contributed by atoms with E-state index in [-0.39, 0.29) is 0 Å². The van der Waals surface area contributed by atoms with Crippen LogP contribution in [0.5, 0.6) is 0 Å². The lowest BCUT2D eigenvalue weighted by molar-refractivity contribution is -0.0577. The van der Waals surface area contributed by atoms with E-state index in [4.69, 9.17) is 6.42 Å². The van der Waals surface area contributed by atoms with Crippen LogP contribution in [0, 0.1) is 11.7 Å². The van der Waals surface area contributed by atoms with Crippen LogP contribution in [0.3, 0.4) is 0 Å². The van der Waals surface area contributed by atoms with Crippen LogP contribution < -0.4 is 5.32 Å². The predicted octanol–water partition coefficient (Wildman–Crippen LogP) is -1.26. The lowest BCUT2D eigenvalue weighted by Gasteiger charge is -2.24. The molecule has 1 fully saturated rings. The van der Waals surface area contributed by atoms with Crippen molar-refractivity contribution >= 4 is 10.1 Å². The van der Waals surface area contributed by atoms with Gasteiger partial charge in [0.1, 0.15) is 0 Å². The van der Waals surface area contributed by atoms with E-state index in [1.165, 1.54) is 5.06 Å². The molecule has 0 aliphatic carbocycles. The van der Waals surface area contributed by atoms with Gasteiger partial charge in [0.25, 0.3) is 0 Å². The van der Waals surface area contributed by atoms with Crippen LogP contribution >= 0.6 is 0 Å². The number of hydrogen-bond donors (Lipinski definition) is 1. The Kier molecular flexibility index (Phi) is 3.05. The summed E-state index contributed by atoms with van der Waals surface area (Å²) in [5.74, 6) is 0. The number of hydrogen-bond acceptors (Lipinski definition) is 5. The SMILES string of the molecule is C#CS(=O)(=O)ON1CCNCC1. The molecule has 5 nitrogen and oxygen atoms in total. The Morgan fingerprint density at radius 1 is 1.42 bits per heavy atom. The smallest absolute Gasteiger partial charge is 0.314 e. The van der Waals surface area contributed by atoms with Crippen molar-refractivity contribution in [3.63, 3.8) is 0 Å². The summed E-state index contributed by atoms with van der Waals surface area (Å²) in [7, 11) is -3.79. The molecular weight excluding hydrogens is 180 g/mol. The first-order valence-corrected chi connectivity index (χ1v) is 4.92. The second-order valence-corrected chi connectivity index (χ2v) is 3.62. The molecule has 68 valence electrons. The molecule has 1 saturated heterocycles. The average molecular weight is 190 g/mol. The van der Waals surface area contributed by atoms with Gasteiger partial charge in [-0.05, 0) is 0 Å². The average Bonchev–Trinajstić information content (AvgIpc) is 2.06. The van der Waals surface area contributed by atoms with Crippen LogP contribution in [0.15, 0.2) is 0 Å². The van der Waals surface area contributed by atoms with Gasteiger partial charge in [0, 0.05) is 26.2 Å². The summed E-state index contributed by atoms with van der Waals surface area (Å²) in [5.41, 5.74) is 0. The summed E-state index contributed by atoms with van der Waals surface area (Å²) < 4.78 is 26.1. The van der Waals surface area contributed by atoms with Crippen molar-refractivity contribution in [3.05, 3.63) is 0 Å². The molecule has 0 unspecified atom stereocenters. The van der Waals surface area contributed by atoms with E-state index in [0.717, 1.165) is 0 Å². The number of hydroxylamine groups is 2. The van der Waals surface area contributed by atoms with Crippen LogP contribution in [0.25, 0.3) is 0 Å². The first kappa shape index (κ1) is 9.48. The second-order valence-electron chi connectivity index (χ2n) is 2.33. The number of nitrogens with zero attached hydrogens (tertiary/aromatic N) is 1. The maximum atomic E-state index is 10.7. The fourth-order valence-corrected chi connectivity index (χ4v) is 1.35. The molecule has 1 aliphatic heterocycles. The largest absolute Gasteiger partial charge is 0.353 e. The van der Waals surface area contributed by atoms with Crippen molar-refractivity contribution in [2.45, 2.75) is 0 Å². The highest BCUT2D eigenvalue weighted by Gasteiger charge is 2.16. The molecule has 1 rings (SSSR count). The molecule has 0 spiro atoms. The predicted molar refractivity (Wildman–Crippen MR) is 43.3 cm³/mol. The zero-order chi connectivity index (χ0) is 9.03. The van der Waals surface area contributed by atoms with Gasteiger partial charge in [-0.15, -0.1) is 6.42 Å². The Labute approximate surface area is 71.8 Å². The van der Waals surface area contributed by atoms with Crippen LogP contribution in [-0.4, -0.2) is 39.7 Å². The molecule has 6 heteroatoms. The first-order valence-electron chi connectivity index (χ1n) is 3.51. The van der Waals surface area contributed by atoms with Gasteiger partial charge in [-0.1, -0.05) is 0 Å². The Morgan fingerprint density at radius 2 is 2.00 bits per heavy atom.